The Hall–Kier alpha value is 0.0500. The molecule has 2 N–H and O–H groups in total. The van der Waals surface area contributed by atoms with Crippen LogP contribution in [0.25, 0.3) is 0 Å². The van der Waals surface area contributed by atoms with Crippen molar-refractivity contribution >= 4 is 37.1 Å². The molecule has 1 rings (SSSR count). The van der Waals surface area contributed by atoms with Crippen LogP contribution in [0.4, 0.5) is 0 Å². The van der Waals surface area contributed by atoms with E-state index in [4.69, 9.17) is 5.73 Å². The molecule has 0 saturated heterocycles. The van der Waals surface area contributed by atoms with Gasteiger partial charge in [0.1, 0.15) is 9.84 Å². The Kier molecular flexibility index (Phi) is 5.59. The van der Waals surface area contributed by atoms with Gasteiger partial charge in [0, 0.05) is 24.2 Å². The second-order valence-electron chi connectivity index (χ2n) is 4.00. The molecule has 1 aromatic rings. The molecule has 0 bridgehead atoms. The normalized spacial score (nSPS) is 14.2. The maximum absolute atomic E-state index is 11.1. The van der Waals surface area contributed by atoms with Crippen LogP contribution in [0.3, 0.4) is 0 Å². The Morgan fingerprint density at radius 1 is 1.53 bits per heavy atom. The van der Waals surface area contributed by atoms with Crippen molar-refractivity contribution in [3.63, 3.8) is 0 Å². The first-order chi connectivity index (χ1) is 7.83. The second-order valence-corrected chi connectivity index (χ2v) is 8.76. The van der Waals surface area contributed by atoms with Crippen LogP contribution in [0.15, 0.2) is 15.9 Å². The number of nitrogens with zero attached hydrogens (tertiary/aromatic N) is 1. The summed E-state index contributed by atoms with van der Waals surface area (Å²) in [5, 5.41) is 0. The topological polar surface area (TPSA) is 63.4 Å². The minimum Gasteiger partial charge on any atom is -0.329 e. The van der Waals surface area contributed by atoms with Gasteiger partial charge in [-0.3, -0.25) is 4.90 Å². The smallest absolute Gasteiger partial charge is 0.148 e. The minimum atomic E-state index is -2.93. The standard InChI is InChI=1S/C10H17BrN2O2S2/c1-13(5-6-17(2,14)15)8(7-12)9-3-4-10(11)16-9/h3-4,8H,5-7,12H2,1-2H3. The molecule has 1 heterocycles. The monoisotopic (exact) mass is 340 g/mol. The van der Waals surface area contributed by atoms with E-state index in [1.807, 2.05) is 24.1 Å². The second kappa shape index (κ2) is 6.29. The summed E-state index contributed by atoms with van der Waals surface area (Å²) in [5.74, 6) is 0.159. The van der Waals surface area contributed by atoms with Crippen molar-refractivity contribution in [3.05, 3.63) is 20.8 Å². The van der Waals surface area contributed by atoms with Gasteiger partial charge in [-0.2, -0.15) is 0 Å². The summed E-state index contributed by atoms with van der Waals surface area (Å²) < 4.78 is 23.3. The Bertz CT molecular complexity index is 459. The maximum atomic E-state index is 11.1. The lowest BCUT2D eigenvalue weighted by Gasteiger charge is -2.25. The van der Waals surface area contributed by atoms with E-state index >= 15 is 0 Å². The van der Waals surface area contributed by atoms with E-state index in [0.717, 1.165) is 8.66 Å². The largest absolute Gasteiger partial charge is 0.329 e. The van der Waals surface area contributed by atoms with Gasteiger partial charge in [0.2, 0.25) is 0 Å². The van der Waals surface area contributed by atoms with Crippen molar-refractivity contribution in [2.24, 2.45) is 5.73 Å². The number of sulfone groups is 1. The van der Waals surface area contributed by atoms with Gasteiger partial charge in [-0.25, -0.2) is 8.42 Å². The predicted molar refractivity (Wildman–Crippen MR) is 76.2 cm³/mol. The van der Waals surface area contributed by atoms with Crippen molar-refractivity contribution in [2.75, 3.05) is 32.1 Å². The van der Waals surface area contributed by atoms with Crippen LogP contribution >= 0.6 is 27.3 Å². The molecular weight excluding hydrogens is 324 g/mol. The molecule has 1 unspecified atom stereocenters. The van der Waals surface area contributed by atoms with Gasteiger partial charge < -0.3 is 5.73 Å². The van der Waals surface area contributed by atoms with Gasteiger partial charge in [-0.15, -0.1) is 11.3 Å². The molecule has 0 aliphatic rings. The first kappa shape index (κ1) is 15.1. The fourth-order valence-electron chi connectivity index (χ4n) is 1.49. The van der Waals surface area contributed by atoms with E-state index in [1.165, 1.54) is 6.26 Å². The zero-order valence-corrected chi connectivity index (χ0v) is 13.1. The molecule has 98 valence electrons. The van der Waals surface area contributed by atoms with Gasteiger partial charge in [0.15, 0.2) is 0 Å². The van der Waals surface area contributed by atoms with E-state index in [0.29, 0.717) is 13.1 Å². The number of likely N-dealkylation sites (N-methyl/N-ethyl adjacent to an activating group) is 1. The average Bonchev–Trinajstić information content (AvgIpc) is 2.62. The Labute approximate surface area is 115 Å². The molecule has 0 aliphatic heterocycles. The average molecular weight is 341 g/mol. The summed E-state index contributed by atoms with van der Waals surface area (Å²) >= 11 is 5.04. The number of thiophene rings is 1. The molecule has 7 heteroatoms. The van der Waals surface area contributed by atoms with Crippen LogP contribution in [0, 0.1) is 0 Å². The van der Waals surface area contributed by atoms with E-state index < -0.39 is 9.84 Å². The van der Waals surface area contributed by atoms with Crippen molar-refractivity contribution in [1.29, 1.82) is 0 Å². The van der Waals surface area contributed by atoms with Crippen LogP contribution in [0.1, 0.15) is 10.9 Å². The van der Waals surface area contributed by atoms with Crippen molar-refractivity contribution in [1.82, 2.24) is 4.90 Å². The van der Waals surface area contributed by atoms with E-state index in [9.17, 15) is 8.42 Å². The Morgan fingerprint density at radius 3 is 2.59 bits per heavy atom. The molecule has 0 radical (unpaired) electrons. The van der Waals surface area contributed by atoms with Crippen LogP contribution in [-0.2, 0) is 9.84 Å². The van der Waals surface area contributed by atoms with Crippen molar-refractivity contribution < 1.29 is 8.42 Å². The maximum Gasteiger partial charge on any atom is 0.148 e. The molecule has 0 aromatic carbocycles. The number of hydrogen-bond donors (Lipinski definition) is 1. The van der Waals surface area contributed by atoms with E-state index in [-0.39, 0.29) is 11.8 Å². The summed E-state index contributed by atoms with van der Waals surface area (Å²) in [4.78, 5) is 3.13. The highest BCUT2D eigenvalue weighted by atomic mass is 79.9. The summed E-state index contributed by atoms with van der Waals surface area (Å²) in [5.41, 5.74) is 5.75. The van der Waals surface area contributed by atoms with Gasteiger partial charge in [0.25, 0.3) is 0 Å². The summed E-state index contributed by atoms with van der Waals surface area (Å²) in [6.45, 7) is 0.976. The van der Waals surface area contributed by atoms with Crippen molar-refractivity contribution in [3.8, 4) is 0 Å². The molecular formula is C10H17BrN2O2S2. The zero-order valence-electron chi connectivity index (χ0n) is 9.89. The molecule has 1 aromatic heterocycles. The highest BCUT2D eigenvalue weighted by molar-refractivity contribution is 9.11. The minimum absolute atomic E-state index is 0.0769. The molecule has 17 heavy (non-hydrogen) atoms. The third-order valence-corrected chi connectivity index (χ3v) is 5.14. The number of halogens is 1. The number of nitrogens with two attached hydrogens (primary N) is 1. The van der Waals surface area contributed by atoms with Crippen LogP contribution in [0.5, 0.6) is 0 Å². The Balaban J connectivity index is 2.68. The Morgan fingerprint density at radius 2 is 2.18 bits per heavy atom. The third-order valence-electron chi connectivity index (χ3n) is 2.49. The lowest BCUT2D eigenvalue weighted by atomic mass is 10.2. The van der Waals surface area contributed by atoms with Gasteiger partial charge in [-0.05, 0) is 35.1 Å². The number of hydrogen-bond acceptors (Lipinski definition) is 5. The highest BCUT2D eigenvalue weighted by Gasteiger charge is 2.18. The molecule has 0 aliphatic carbocycles. The third kappa shape index (κ3) is 5.05. The van der Waals surface area contributed by atoms with Gasteiger partial charge in [0.05, 0.1) is 15.6 Å². The SMILES string of the molecule is CN(CCS(C)(=O)=O)C(CN)c1ccc(Br)s1. The fraction of sp³-hybridized carbons (Fsp3) is 0.600. The molecule has 1 atom stereocenters. The molecule has 0 fully saturated rings. The predicted octanol–water partition coefficient (Wildman–Crippen LogP) is 1.49. The molecule has 0 spiro atoms. The van der Waals surface area contributed by atoms with E-state index in [2.05, 4.69) is 15.9 Å². The van der Waals surface area contributed by atoms with Gasteiger partial charge >= 0.3 is 0 Å². The molecule has 0 saturated carbocycles. The lowest BCUT2D eigenvalue weighted by molar-refractivity contribution is 0.268. The van der Waals surface area contributed by atoms with Crippen LogP contribution < -0.4 is 5.73 Å². The summed E-state index contributed by atoms with van der Waals surface area (Å²) in [6.07, 6.45) is 1.25. The summed E-state index contributed by atoms with van der Waals surface area (Å²) in [6, 6.07) is 4.07. The zero-order chi connectivity index (χ0) is 13.1. The van der Waals surface area contributed by atoms with Crippen molar-refractivity contribution in [2.45, 2.75) is 6.04 Å². The summed E-state index contributed by atoms with van der Waals surface area (Å²) in [7, 11) is -1.03. The van der Waals surface area contributed by atoms with Crippen LogP contribution in [0.2, 0.25) is 0 Å². The lowest BCUT2D eigenvalue weighted by Crippen LogP contribution is -2.33. The first-order valence-electron chi connectivity index (χ1n) is 5.16. The van der Waals surface area contributed by atoms with Gasteiger partial charge in [-0.1, -0.05) is 0 Å². The fourth-order valence-corrected chi connectivity index (χ4v) is 3.71. The van der Waals surface area contributed by atoms with Crippen LogP contribution in [-0.4, -0.2) is 45.5 Å². The number of rotatable bonds is 6. The highest BCUT2D eigenvalue weighted by Crippen LogP contribution is 2.29. The quantitative estimate of drug-likeness (QED) is 0.852. The van der Waals surface area contributed by atoms with E-state index in [1.54, 1.807) is 11.3 Å². The molecule has 0 amide bonds. The first-order valence-corrected chi connectivity index (χ1v) is 8.83. The molecule has 4 nitrogen and oxygen atoms in total.